The van der Waals surface area contributed by atoms with Gasteiger partial charge >= 0.3 is 0 Å². The summed E-state index contributed by atoms with van der Waals surface area (Å²) in [5, 5.41) is 4.27. The maximum Gasteiger partial charge on any atom is 0.253 e. The number of carbonyl (C=O) groups is 1. The van der Waals surface area contributed by atoms with Gasteiger partial charge in [0.25, 0.3) is 5.91 Å². The Morgan fingerprint density at radius 3 is 2.74 bits per heavy atom. The second-order valence-corrected chi connectivity index (χ2v) is 9.54. The summed E-state index contributed by atoms with van der Waals surface area (Å²) in [5.41, 5.74) is 2.69. The molecule has 2 bridgehead atoms. The van der Waals surface area contributed by atoms with Crippen molar-refractivity contribution in [2.75, 3.05) is 31.6 Å². The Balaban J connectivity index is 1.58. The lowest BCUT2D eigenvalue weighted by atomic mass is 9.84. The van der Waals surface area contributed by atoms with Gasteiger partial charge in [-0.25, -0.2) is 4.98 Å². The number of para-hydroxylation sites is 1. The highest BCUT2D eigenvalue weighted by Crippen LogP contribution is 2.33. The SMILES string of the molecule is C=C/C=C\C(=C/N(C)c1ccccc1-c1ncc(C)s1)C(=O)NC1CN2CCC1CC2. The largest absolute Gasteiger partial charge is 0.350 e. The van der Waals surface area contributed by atoms with Gasteiger partial charge < -0.3 is 15.1 Å². The van der Waals surface area contributed by atoms with Crippen molar-refractivity contribution in [3.63, 3.8) is 0 Å². The van der Waals surface area contributed by atoms with E-state index in [1.54, 1.807) is 17.4 Å². The summed E-state index contributed by atoms with van der Waals surface area (Å²) < 4.78 is 0. The molecule has 6 heteroatoms. The minimum Gasteiger partial charge on any atom is -0.350 e. The van der Waals surface area contributed by atoms with Gasteiger partial charge in [-0.15, -0.1) is 11.3 Å². The number of amides is 1. The number of nitrogens with one attached hydrogen (secondary N) is 1. The van der Waals surface area contributed by atoms with E-state index in [2.05, 4.69) is 40.8 Å². The molecular formula is C25H30N4OS. The Morgan fingerprint density at radius 1 is 1.32 bits per heavy atom. The minimum absolute atomic E-state index is 0.0359. The number of piperidine rings is 3. The molecule has 1 aromatic heterocycles. The van der Waals surface area contributed by atoms with Crippen LogP contribution < -0.4 is 10.2 Å². The van der Waals surface area contributed by atoms with Gasteiger partial charge in [-0.1, -0.05) is 30.9 Å². The first-order chi connectivity index (χ1) is 15.0. The number of fused-ring (bicyclic) bond motifs is 3. The van der Waals surface area contributed by atoms with E-state index in [9.17, 15) is 4.79 Å². The van der Waals surface area contributed by atoms with Crippen LogP contribution in [0, 0.1) is 12.8 Å². The van der Waals surface area contributed by atoms with Crippen molar-refractivity contribution in [1.29, 1.82) is 0 Å². The Morgan fingerprint density at radius 2 is 2.10 bits per heavy atom. The van der Waals surface area contributed by atoms with Crippen molar-refractivity contribution in [2.45, 2.75) is 25.8 Å². The number of aryl methyl sites for hydroxylation is 1. The van der Waals surface area contributed by atoms with E-state index in [0.29, 0.717) is 11.5 Å². The van der Waals surface area contributed by atoms with Crippen molar-refractivity contribution in [2.24, 2.45) is 5.92 Å². The zero-order chi connectivity index (χ0) is 21.8. The Bertz CT molecular complexity index is 1000. The third-order valence-electron chi connectivity index (χ3n) is 6.12. The molecule has 4 heterocycles. The topological polar surface area (TPSA) is 48.5 Å². The molecule has 3 aliphatic heterocycles. The predicted molar refractivity (Wildman–Crippen MR) is 129 cm³/mol. The van der Waals surface area contributed by atoms with E-state index >= 15 is 0 Å². The molecule has 0 aliphatic carbocycles. The van der Waals surface area contributed by atoms with E-state index in [1.807, 2.05) is 48.6 Å². The predicted octanol–water partition coefficient (Wildman–Crippen LogP) is 4.39. The molecule has 5 nitrogen and oxygen atoms in total. The van der Waals surface area contributed by atoms with E-state index in [0.717, 1.165) is 35.9 Å². The Kier molecular flexibility index (Phi) is 6.68. The van der Waals surface area contributed by atoms with Crippen molar-refractivity contribution < 1.29 is 4.79 Å². The van der Waals surface area contributed by atoms with Crippen LogP contribution in [0.15, 0.2) is 67.0 Å². The van der Waals surface area contributed by atoms with Crippen molar-refractivity contribution in [3.05, 3.63) is 71.9 Å². The van der Waals surface area contributed by atoms with Gasteiger partial charge in [-0.3, -0.25) is 4.79 Å². The van der Waals surface area contributed by atoms with Crippen molar-refractivity contribution >= 4 is 22.9 Å². The van der Waals surface area contributed by atoms with Gasteiger partial charge in [0.15, 0.2) is 0 Å². The van der Waals surface area contributed by atoms with Crippen LogP contribution in [0.2, 0.25) is 0 Å². The third-order valence-corrected chi connectivity index (χ3v) is 7.06. The number of aromatic nitrogens is 1. The molecule has 2 aromatic rings. The van der Waals surface area contributed by atoms with Gasteiger partial charge in [-0.05, 0) is 57.0 Å². The lowest BCUT2D eigenvalue weighted by Crippen LogP contribution is -2.57. The smallest absolute Gasteiger partial charge is 0.253 e. The number of allylic oxidation sites excluding steroid dienone is 2. The fraction of sp³-hybridized carbons (Fsp3) is 0.360. The standard InChI is InChI=1S/C25H30N4OS/c1-4-5-8-20(24(30)27-22-17-29-13-11-19(22)12-14-29)16-28(3)23-10-7-6-9-21(23)25-26-15-18(2)31-25/h4-10,15-16,19,22H,1,11-14,17H2,2-3H3,(H,27,30)/b8-5-,20-16+. The second-order valence-electron chi connectivity index (χ2n) is 8.30. The number of nitrogens with zero attached hydrogens (tertiary/aromatic N) is 3. The van der Waals surface area contributed by atoms with E-state index in [4.69, 9.17) is 0 Å². The van der Waals surface area contributed by atoms with Gasteiger partial charge in [0.2, 0.25) is 0 Å². The van der Waals surface area contributed by atoms with Crippen LogP contribution in [0.3, 0.4) is 0 Å². The maximum absolute atomic E-state index is 13.2. The Labute approximate surface area is 188 Å². The van der Waals surface area contributed by atoms with E-state index < -0.39 is 0 Å². The summed E-state index contributed by atoms with van der Waals surface area (Å²) >= 11 is 1.67. The fourth-order valence-electron chi connectivity index (χ4n) is 4.45. The first-order valence-corrected chi connectivity index (χ1v) is 11.7. The molecule has 1 atom stereocenters. The van der Waals surface area contributed by atoms with Gasteiger partial charge in [-0.2, -0.15) is 0 Å². The summed E-state index contributed by atoms with van der Waals surface area (Å²) in [6, 6.07) is 8.39. The summed E-state index contributed by atoms with van der Waals surface area (Å²) in [7, 11) is 1.97. The molecule has 31 heavy (non-hydrogen) atoms. The van der Waals surface area contributed by atoms with Crippen LogP contribution in [-0.4, -0.2) is 48.5 Å². The van der Waals surface area contributed by atoms with Gasteiger partial charge in [0.05, 0.1) is 11.3 Å². The number of anilines is 1. The van der Waals surface area contributed by atoms with E-state index in [1.165, 1.54) is 17.7 Å². The number of carbonyl (C=O) groups excluding carboxylic acids is 1. The summed E-state index contributed by atoms with van der Waals surface area (Å²) in [5.74, 6) is 0.552. The van der Waals surface area contributed by atoms with Crippen LogP contribution in [-0.2, 0) is 4.79 Å². The van der Waals surface area contributed by atoms with Gasteiger partial charge in [0, 0.05) is 42.5 Å². The zero-order valence-electron chi connectivity index (χ0n) is 18.3. The summed E-state index contributed by atoms with van der Waals surface area (Å²) in [4.78, 5) is 23.4. The quantitative estimate of drug-likeness (QED) is 0.519. The molecular weight excluding hydrogens is 404 g/mol. The fourth-order valence-corrected chi connectivity index (χ4v) is 5.25. The van der Waals surface area contributed by atoms with Crippen LogP contribution in [0.25, 0.3) is 10.6 Å². The number of thiazole rings is 1. The second kappa shape index (κ2) is 9.62. The lowest BCUT2D eigenvalue weighted by Gasteiger charge is -2.45. The number of hydrogen-bond acceptors (Lipinski definition) is 5. The highest BCUT2D eigenvalue weighted by atomic mass is 32.1. The van der Waals surface area contributed by atoms with Crippen LogP contribution in [0.4, 0.5) is 5.69 Å². The van der Waals surface area contributed by atoms with Crippen molar-refractivity contribution in [3.8, 4) is 10.6 Å². The lowest BCUT2D eigenvalue weighted by molar-refractivity contribution is -0.119. The molecule has 5 rings (SSSR count). The van der Waals surface area contributed by atoms with Gasteiger partial charge in [0.1, 0.15) is 5.01 Å². The van der Waals surface area contributed by atoms with Crippen LogP contribution in [0.1, 0.15) is 17.7 Å². The number of benzene rings is 1. The molecule has 0 spiro atoms. The average Bonchev–Trinajstić information content (AvgIpc) is 3.23. The molecule has 3 saturated heterocycles. The van der Waals surface area contributed by atoms with Crippen LogP contribution >= 0.6 is 11.3 Å². The normalized spacial score (nSPS) is 23.2. The Hall–Kier alpha value is -2.70. The molecule has 3 fully saturated rings. The first kappa shape index (κ1) is 21.5. The monoisotopic (exact) mass is 434 g/mol. The summed E-state index contributed by atoms with van der Waals surface area (Å²) in [6.07, 6.45) is 11.5. The zero-order valence-corrected chi connectivity index (χ0v) is 19.1. The first-order valence-electron chi connectivity index (χ1n) is 10.8. The van der Waals surface area contributed by atoms with Crippen molar-refractivity contribution in [1.82, 2.24) is 15.2 Å². The maximum atomic E-state index is 13.2. The molecule has 1 N–H and O–H groups in total. The highest BCUT2D eigenvalue weighted by Gasteiger charge is 2.35. The average molecular weight is 435 g/mol. The highest BCUT2D eigenvalue weighted by molar-refractivity contribution is 7.15. The third kappa shape index (κ3) is 4.97. The molecule has 3 aliphatic rings. The van der Waals surface area contributed by atoms with E-state index in [-0.39, 0.29) is 11.9 Å². The number of rotatable bonds is 7. The summed E-state index contributed by atoms with van der Waals surface area (Å²) in [6.45, 7) is 9.09. The molecule has 1 aromatic carbocycles. The number of hydrogen-bond donors (Lipinski definition) is 1. The molecule has 162 valence electrons. The molecule has 0 radical (unpaired) electrons. The molecule has 1 unspecified atom stereocenters. The molecule has 1 amide bonds. The molecule has 0 saturated carbocycles. The minimum atomic E-state index is -0.0359. The van der Waals surface area contributed by atoms with Crippen LogP contribution in [0.5, 0.6) is 0 Å².